The summed E-state index contributed by atoms with van der Waals surface area (Å²) in [5.74, 6) is -2.50. The molecule has 0 spiro atoms. The predicted octanol–water partition coefficient (Wildman–Crippen LogP) is 1.91. The summed E-state index contributed by atoms with van der Waals surface area (Å²) in [7, 11) is 0. The lowest BCUT2D eigenvalue weighted by Gasteiger charge is -2.02. The summed E-state index contributed by atoms with van der Waals surface area (Å²) >= 11 is 1.88. The van der Waals surface area contributed by atoms with Gasteiger partial charge in [0.15, 0.2) is 0 Å². The van der Waals surface area contributed by atoms with Crippen LogP contribution >= 0.6 is 11.3 Å². The van der Waals surface area contributed by atoms with Crippen LogP contribution in [0.5, 0.6) is 0 Å². The van der Waals surface area contributed by atoms with Crippen molar-refractivity contribution in [2.75, 3.05) is 13.1 Å². The van der Waals surface area contributed by atoms with Crippen LogP contribution in [-0.2, 0) is 16.0 Å². The van der Waals surface area contributed by atoms with Crippen LogP contribution in [0.3, 0.4) is 0 Å². The van der Waals surface area contributed by atoms with Gasteiger partial charge in [-0.1, -0.05) is 18.2 Å². The number of nitrogens with zero attached hydrogens (tertiary/aromatic N) is 1. The van der Waals surface area contributed by atoms with Crippen LogP contribution in [0.4, 0.5) is 0 Å². The number of aryl methyl sites for hydroxylation is 1. The minimum absolute atomic E-state index is 0.927. The minimum atomic E-state index is -1.82. The molecule has 6 nitrogen and oxygen atoms in total. The summed E-state index contributed by atoms with van der Waals surface area (Å²) in [6.45, 7) is 4.13. The van der Waals surface area contributed by atoms with Gasteiger partial charge < -0.3 is 15.5 Å². The molecule has 0 saturated carbocycles. The first-order valence-electron chi connectivity index (χ1n) is 6.69. The fourth-order valence-corrected chi connectivity index (χ4v) is 3.26. The monoisotopic (exact) mass is 320 g/mol. The van der Waals surface area contributed by atoms with E-state index in [-0.39, 0.29) is 0 Å². The van der Waals surface area contributed by atoms with Gasteiger partial charge in [0.25, 0.3) is 0 Å². The number of thiophene rings is 1. The Morgan fingerprint density at radius 3 is 2.55 bits per heavy atom. The van der Waals surface area contributed by atoms with Gasteiger partial charge in [0.05, 0.1) is 6.54 Å². The highest BCUT2D eigenvalue weighted by Crippen LogP contribution is 2.31. The lowest BCUT2D eigenvalue weighted by molar-refractivity contribution is -0.159. The minimum Gasteiger partial charge on any atom is -0.473 e. The maximum absolute atomic E-state index is 9.10. The van der Waals surface area contributed by atoms with Gasteiger partial charge in [-0.05, 0) is 23.9 Å². The Morgan fingerprint density at radius 1 is 1.27 bits per heavy atom. The molecule has 116 valence electrons. The molecule has 0 fully saturated rings. The van der Waals surface area contributed by atoms with Crippen molar-refractivity contribution in [1.29, 1.82) is 0 Å². The number of fused-ring (bicyclic) bond motifs is 1. The van der Waals surface area contributed by atoms with E-state index in [1.54, 1.807) is 0 Å². The van der Waals surface area contributed by atoms with E-state index in [2.05, 4.69) is 41.5 Å². The highest BCUT2D eigenvalue weighted by atomic mass is 32.1. The van der Waals surface area contributed by atoms with Crippen LogP contribution in [0.2, 0.25) is 0 Å². The van der Waals surface area contributed by atoms with Crippen LogP contribution < -0.4 is 5.32 Å². The van der Waals surface area contributed by atoms with Gasteiger partial charge in [0, 0.05) is 22.5 Å². The number of carbonyl (C=O) groups is 2. The Hall–Kier alpha value is -2.41. The van der Waals surface area contributed by atoms with Crippen LogP contribution in [0.1, 0.15) is 10.4 Å². The van der Waals surface area contributed by atoms with Gasteiger partial charge >= 0.3 is 11.9 Å². The molecule has 0 unspecified atom stereocenters. The lowest BCUT2D eigenvalue weighted by Crippen LogP contribution is -2.20. The number of hydrogen-bond acceptors (Lipinski definition) is 5. The van der Waals surface area contributed by atoms with Crippen molar-refractivity contribution in [1.82, 2.24) is 5.32 Å². The van der Waals surface area contributed by atoms with E-state index in [4.69, 9.17) is 19.8 Å². The van der Waals surface area contributed by atoms with Gasteiger partial charge in [0.1, 0.15) is 5.84 Å². The normalized spacial score (nSPS) is 13.0. The first-order valence-corrected chi connectivity index (χ1v) is 7.51. The Bertz CT molecular complexity index is 724. The first kappa shape index (κ1) is 16.0. The fraction of sp³-hybridized carbons (Fsp3) is 0.267. The Morgan fingerprint density at radius 2 is 1.95 bits per heavy atom. The second-order valence-corrected chi connectivity index (χ2v) is 5.93. The van der Waals surface area contributed by atoms with Crippen LogP contribution in [0.15, 0.2) is 29.3 Å². The van der Waals surface area contributed by atoms with Crippen molar-refractivity contribution in [2.45, 2.75) is 13.3 Å². The van der Waals surface area contributed by atoms with Crippen LogP contribution in [0, 0.1) is 6.92 Å². The molecular weight excluding hydrogens is 304 g/mol. The number of amidine groups is 1. The second kappa shape index (κ2) is 7.04. The fourth-order valence-electron chi connectivity index (χ4n) is 2.17. The molecule has 0 aliphatic carbocycles. The zero-order chi connectivity index (χ0) is 16.1. The molecule has 22 heavy (non-hydrogen) atoms. The summed E-state index contributed by atoms with van der Waals surface area (Å²) < 4.78 is 1.38. The Balaban J connectivity index is 0.000000254. The number of hydrogen-bond donors (Lipinski definition) is 3. The molecule has 2 heterocycles. The van der Waals surface area contributed by atoms with Gasteiger partial charge in [-0.3, -0.25) is 4.99 Å². The highest BCUT2D eigenvalue weighted by Gasteiger charge is 2.12. The highest BCUT2D eigenvalue weighted by molar-refractivity contribution is 7.19. The maximum atomic E-state index is 9.10. The topological polar surface area (TPSA) is 99.0 Å². The van der Waals surface area contributed by atoms with Crippen LogP contribution in [0.25, 0.3) is 10.1 Å². The molecule has 0 radical (unpaired) electrons. The van der Waals surface area contributed by atoms with Crippen LogP contribution in [-0.4, -0.2) is 41.1 Å². The molecule has 1 aromatic carbocycles. The zero-order valence-corrected chi connectivity index (χ0v) is 12.8. The van der Waals surface area contributed by atoms with Crippen molar-refractivity contribution in [2.24, 2.45) is 4.99 Å². The summed E-state index contributed by atoms with van der Waals surface area (Å²) in [6.07, 6.45) is 0.954. The molecule has 2 aromatic rings. The van der Waals surface area contributed by atoms with Crippen molar-refractivity contribution in [3.8, 4) is 0 Å². The third-order valence-corrected chi connectivity index (χ3v) is 4.30. The molecule has 1 aliphatic heterocycles. The lowest BCUT2D eigenvalue weighted by atomic mass is 10.1. The molecule has 0 bridgehead atoms. The van der Waals surface area contributed by atoms with Gasteiger partial charge in [-0.25, -0.2) is 9.59 Å². The van der Waals surface area contributed by atoms with E-state index in [0.717, 1.165) is 25.3 Å². The number of aliphatic imine (C=N–C) groups is 1. The van der Waals surface area contributed by atoms with Crippen molar-refractivity contribution in [3.63, 3.8) is 0 Å². The average molecular weight is 320 g/mol. The van der Waals surface area contributed by atoms with Crippen molar-refractivity contribution >= 4 is 39.2 Å². The van der Waals surface area contributed by atoms with E-state index in [1.807, 2.05) is 11.3 Å². The van der Waals surface area contributed by atoms with E-state index >= 15 is 0 Å². The van der Waals surface area contributed by atoms with Gasteiger partial charge in [0.2, 0.25) is 0 Å². The third kappa shape index (κ3) is 3.82. The third-order valence-electron chi connectivity index (χ3n) is 3.17. The number of rotatable bonds is 2. The smallest absolute Gasteiger partial charge is 0.414 e. The molecule has 0 amide bonds. The molecule has 0 atom stereocenters. The molecule has 7 heteroatoms. The quantitative estimate of drug-likeness (QED) is 0.734. The number of nitrogens with one attached hydrogen (secondary N) is 1. The molecular formula is C15H16N2O4S. The first-order chi connectivity index (χ1) is 10.5. The summed E-state index contributed by atoms with van der Waals surface area (Å²) in [6, 6.07) is 8.62. The zero-order valence-electron chi connectivity index (χ0n) is 12.0. The molecule has 3 rings (SSSR count). The average Bonchev–Trinajstić information content (AvgIpc) is 3.09. The Kier molecular flexibility index (Phi) is 5.11. The van der Waals surface area contributed by atoms with Gasteiger partial charge in [-0.2, -0.15) is 0 Å². The van der Waals surface area contributed by atoms with E-state index in [0.29, 0.717) is 0 Å². The van der Waals surface area contributed by atoms with E-state index in [9.17, 15) is 0 Å². The van der Waals surface area contributed by atoms with Crippen molar-refractivity contribution in [3.05, 3.63) is 34.7 Å². The summed E-state index contributed by atoms with van der Waals surface area (Å²) in [5.41, 5.74) is 1.44. The van der Waals surface area contributed by atoms with Gasteiger partial charge in [-0.15, -0.1) is 11.3 Å². The number of carboxylic acid groups (broad SMARTS) is 2. The largest absolute Gasteiger partial charge is 0.473 e. The number of aliphatic carboxylic acids is 2. The summed E-state index contributed by atoms with van der Waals surface area (Å²) in [4.78, 5) is 24.1. The molecule has 3 N–H and O–H groups in total. The van der Waals surface area contributed by atoms with E-state index < -0.39 is 11.9 Å². The molecule has 1 aliphatic rings. The summed E-state index contributed by atoms with van der Waals surface area (Å²) in [5, 5.41) is 19.5. The molecule has 0 saturated heterocycles. The SMILES string of the molecule is Cc1sc2ccccc2c1CC1=NCCN1.O=C(O)C(=O)O. The van der Waals surface area contributed by atoms with E-state index in [1.165, 1.54) is 20.5 Å². The van der Waals surface area contributed by atoms with Crippen molar-refractivity contribution < 1.29 is 19.8 Å². The second-order valence-electron chi connectivity index (χ2n) is 4.68. The number of carboxylic acids is 2. The predicted molar refractivity (Wildman–Crippen MR) is 85.8 cm³/mol. The molecule has 1 aromatic heterocycles. The standard InChI is InChI=1S/C13H14N2S.C2H2O4/c1-9-11(8-13-14-6-7-15-13)10-4-2-3-5-12(10)16-9;3-1(4)2(5)6/h2-5H,6-8H2,1H3,(H,14,15);(H,3,4)(H,5,6). The number of benzene rings is 1. The maximum Gasteiger partial charge on any atom is 0.414 e. The Labute approximate surface area is 131 Å².